The molecule has 1 atom stereocenters. The van der Waals surface area contributed by atoms with Crippen molar-refractivity contribution in [1.82, 2.24) is 15.2 Å². The van der Waals surface area contributed by atoms with E-state index in [0.29, 0.717) is 29.0 Å². The second-order valence-electron chi connectivity index (χ2n) is 7.47. The standard InChI is InChI=1S/C23H25Cl2N3O2/c1-15(2)28(12-18-9-10-19(24)11-20(18)25)13-22-27-21(14-30-22)23(29)26-16(3)17-7-5-4-6-8-17/h4-11,14-16H,12-13H2,1-3H3,(H,26,29). The van der Waals surface area contributed by atoms with Gasteiger partial charge in [-0.15, -0.1) is 0 Å². The Morgan fingerprint density at radius 1 is 1.10 bits per heavy atom. The average molecular weight is 446 g/mol. The monoisotopic (exact) mass is 445 g/mol. The fourth-order valence-corrected chi connectivity index (χ4v) is 3.52. The van der Waals surface area contributed by atoms with Gasteiger partial charge in [0, 0.05) is 22.6 Å². The Bertz CT molecular complexity index is 989. The van der Waals surface area contributed by atoms with Crippen LogP contribution in [0.25, 0.3) is 0 Å². The maximum atomic E-state index is 12.6. The molecule has 0 fully saturated rings. The maximum Gasteiger partial charge on any atom is 0.273 e. The number of amides is 1. The van der Waals surface area contributed by atoms with Gasteiger partial charge in [-0.3, -0.25) is 9.69 Å². The highest BCUT2D eigenvalue weighted by molar-refractivity contribution is 6.35. The predicted molar refractivity (Wildman–Crippen MR) is 120 cm³/mol. The van der Waals surface area contributed by atoms with Gasteiger partial charge in [0.2, 0.25) is 5.89 Å². The molecule has 0 aliphatic carbocycles. The quantitative estimate of drug-likeness (QED) is 0.469. The molecule has 0 saturated carbocycles. The molecular weight excluding hydrogens is 421 g/mol. The maximum absolute atomic E-state index is 12.6. The van der Waals surface area contributed by atoms with Crippen LogP contribution in [0, 0.1) is 0 Å². The number of aromatic nitrogens is 1. The van der Waals surface area contributed by atoms with Crippen molar-refractivity contribution in [2.24, 2.45) is 0 Å². The van der Waals surface area contributed by atoms with Crippen LogP contribution in [0.5, 0.6) is 0 Å². The van der Waals surface area contributed by atoms with Gasteiger partial charge in [-0.25, -0.2) is 4.98 Å². The summed E-state index contributed by atoms with van der Waals surface area (Å²) in [5.41, 5.74) is 2.26. The van der Waals surface area contributed by atoms with E-state index >= 15 is 0 Å². The summed E-state index contributed by atoms with van der Waals surface area (Å²) in [6.45, 7) is 7.18. The molecule has 158 valence electrons. The molecule has 0 bridgehead atoms. The molecular formula is C23H25Cl2N3O2. The van der Waals surface area contributed by atoms with Gasteiger partial charge in [-0.2, -0.15) is 0 Å². The molecule has 7 heteroatoms. The van der Waals surface area contributed by atoms with Crippen molar-refractivity contribution in [3.63, 3.8) is 0 Å². The van der Waals surface area contributed by atoms with Crippen LogP contribution in [0.2, 0.25) is 10.0 Å². The molecule has 2 aromatic carbocycles. The van der Waals surface area contributed by atoms with Crippen LogP contribution in [0.3, 0.4) is 0 Å². The van der Waals surface area contributed by atoms with Crippen molar-refractivity contribution < 1.29 is 9.21 Å². The molecule has 30 heavy (non-hydrogen) atoms. The van der Waals surface area contributed by atoms with Gasteiger partial charge in [0.25, 0.3) is 5.91 Å². The lowest BCUT2D eigenvalue weighted by atomic mass is 10.1. The molecule has 1 heterocycles. The highest BCUT2D eigenvalue weighted by Gasteiger charge is 2.19. The molecule has 1 N–H and O–H groups in total. The van der Waals surface area contributed by atoms with Crippen LogP contribution in [0.4, 0.5) is 0 Å². The average Bonchev–Trinajstić information content (AvgIpc) is 3.18. The first-order chi connectivity index (χ1) is 14.3. The molecule has 1 unspecified atom stereocenters. The van der Waals surface area contributed by atoms with Gasteiger partial charge >= 0.3 is 0 Å². The van der Waals surface area contributed by atoms with E-state index in [1.807, 2.05) is 49.4 Å². The largest absolute Gasteiger partial charge is 0.447 e. The number of carbonyl (C=O) groups is 1. The zero-order valence-electron chi connectivity index (χ0n) is 17.2. The van der Waals surface area contributed by atoms with Crippen molar-refractivity contribution in [2.75, 3.05) is 0 Å². The highest BCUT2D eigenvalue weighted by Crippen LogP contribution is 2.24. The molecule has 1 amide bonds. The lowest BCUT2D eigenvalue weighted by Gasteiger charge is -2.25. The van der Waals surface area contributed by atoms with Crippen LogP contribution in [-0.2, 0) is 13.1 Å². The number of nitrogens with one attached hydrogen (secondary N) is 1. The summed E-state index contributed by atoms with van der Waals surface area (Å²) in [7, 11) is 0. The molecule has 3 rings (SSSR count). The minimum atomic E-state index is -0.266. The number of oxazole rings is 1. The second-order valence-corrected chi connectivity index (χ2v) is 8.31. The number of nitrogens with zero attached hydrogens (tertiary/aromatic N) is 2. The fraction of sp³-hybridized carbons (Fsp3) is 0.304. The third kappa shape index (κ3) is 5.85. The third-order valence-corrected chi connectivity index (χ3v) is 5.48. The number of benzene rings is 2. The summed E-state index contributed by atoms with van der Waals surface area (Å²) < 4.78 is 5.57. The van der Waals surface area contributed by atoms with E-state index < -0.39 is 0 Å². The van der Waals surface area contributed by atoms with Gasteiger partial charge in [0.1, 0.15) is 6.26 Å². The first kappa shape index (κ1) is 22.3. The van der Waals surface area contributed by atoms with Crippen molar-refractivity contribution in [3.8, 4) is 0 Å². The summed E-state index contributed by atoms with van der Waals surface area (Å²) in [5, 5.41) is 4.17. The second kappa shape index (κ2) is 10.1. The zero-order valence-corrected chi connectivity index (χ0v) is 18.7. The Morgan fingerprint density at radius 3 is 2.50 bits per heavy atom. The predicted octanol–water partition coefficient (Wildman–Crippen LogP) is 5.88. The third-order valence-electron chi connectivity index (χ3n) is 4.89. The Hall–Kier alpha value is -2.34. The Labute approximate surface area is 187 Å². The Kier molecular flexibility index (Phi) is 7.53. The summed E-state index contributed by atoms with van der Waals surface area (Å²) in [6.07, 6.45) is 1.40. The number of hydrogen-bond donors (Lipinski definition) is 1. The summed E-state index contributed by atoms with van der Waals surface area (Å²) in [6, 6.07) is 15.3. The van der Waals surface area contributed by atoms with Crippen molar-refractivity contribution in [2.45, 2.75) is 45.9 Å². The first-order valence-electron chi connectivity index (χ1n) is 9.81. The Morgan fingerprint density at radius 2 is 1.83 bits per heavy atom. The molecule has 3 aromatic rings. The van der Waals surface area contributed by atoms with Gasteiger partial charge < -0.3 is 9.73 Å². The minimum Gasteiger partial charge on any atom is -0.447 e. The van der Waals surface area contributed by atoms with Gasteiger partial charge in [0.05, 0.1) is 12.6 Å². The van der Waals surface area contributed by atoms with Gasteiger partial charge in [0.15, 0.2) is 5.69 Å². The van der Waals surface area contributed by atoms with Crippen LogP contribution in [0.1, 0.15) is 54.3 Å². The normalized spacial score (nSPS) is 12.4. The van der Waals surface area contributed by atoms with Crippen molar-refractivity contribution >= 4 is 29.1 Å². The Balaban J connectivity index is 1.65. The highest BCUT2D eigenvalue weighted by atomic mass is 35.5. The smallest absolute Gasteiger partial charge is 0.273 e. The van der Waals surface area contributed by atoms with Gasteiger partial charge in [-0.05, 0) is 44.0 Å². The van der Waals surface area contributed by atoms with E-state index in [1.54, 1.807) is 6.07 Å². The topological polar surface area (TPSA) is 58.4 Å². The summed E-state index contributed by atoms with van der Waals surface area (Å²) in [4.78, 5) is 19.1. The number of carbonyl (C=O) groups excluding carboxylic acids is 1. The van der Waals surface area contributed by atoms with E-state index in [4.69, 9.17) is 27.6 Å². The number of halogens is 2. The molecule has 0 radical (unpaired) electrons. The van der Waals surface area contributed by atoms with E-state index in [1.165, 1.54) is 6.26 Å². The van der Waals surface area contributed by atoms with Crippen LogP contribution >= 0.6 is 23.2 Å². The van der Waals surface area contributed by atoms with Gasteiger partial charge in [-0.1, -0.05) is 59.6 Å². The van der Waals surface area contributed by atoms with E-state index in [0.717, 1.165) is 11.1 Å². The van der Waals surface area contributed by atoms with Crippen molar-refractivity contribution in [3.05, 3.63) is 87.6 Å². The number of hydrogen-bond acceptors (Lipinski definition) is 4. The summed E-state index contributed by atoms with van der Waals surface area (Å²) in [5.74, 6) is 0.212. The van der Waals surface area contributed by atoms with E-state index in [9.17, 15) is 4.79 Å². The SMILES string of the molecule is CC(NC(=O)c1coc(CN(Cc2ccc(Cl)cc2Cl)C(C)C)n1)c1ccccc1. The molecule has 0 aliphatic rings. The lowest BCUT2D eigenvalue weighted by molar-refractivity contribution is 0.0934. The first-order valence-corrected chi connectivity index (χ1v) is 10.6. The molecule has 0 aliphatic heterocycles. The molecule has 0 spiro atoms. The van der Waals surface area contributed by atoms with Crippen LogP contribution in [0.15, 0.2) is 59.2 Å². The van der Waals surface area contributed by atoms with Crippen molar-refractivity contribution in [1.29, 1.82) is 0 Å². The van der Waals surface area contributed by atoms with E-state index in [2.05, 4.69) is 29.0 Å². The van der Waals surface area contributed by atoms with Crippen LogP contribution in [-0.4, -0.2) is 21.8 Å². The van der Waals surface area contributed by atoms with Crippen LogP contribution < -0.4 is 5.32 Å². The minimum absolute atomic E-state index is 0.127. The van der Waals surface area contributed by atoms with E-state index in [-0.39, 0.29) is 23.7 Å². The number of rotatable bonds is 8. The molecule has 0 saturated heterocycles. The molecule has 1 aromatic heterocycles. The summed E-state index contributed by atoms with van der Waals surface area (Å²) >= 11 is 12.3. The zero-order chi connectivity index (χ0) is 21.7. The lowest BCUT2D eigenvalue weighted by Crippen LogP contribution is -2.30. The fourth-order valence-electron chi connectivity index (χ4n) is 3.05. The molecule has 5 nitrogen and oxygen atoms in total.